The van der Waals surface area contributed by atoms with Crippen LogP contribution in [0.25, 0.3) is 11.0 Å². The number of thiophene rings is 1. The van der Waals surface area contributed by atoms with Gasteiger partial charge in [0.15, 0.2) is 0 Å². The van der Waals surface area contributed by atoms with Crippen LogP contribution in [-0.2, 0) is 0 Å². The first-order chi connectivity index (χ1) is 9.08. The maximum absolute atomic E-state index is 6.38. The number of fused-ring (bicyclic) bond motifs is 1. The molecule has 0 spiro atoms. The van der Waals surface area contributed by atoms with Crippen LogP contribution in [0.3, 0.4) is 0 Å². The third-order valence-electron chi connectivity index (χ3n) is 3.60. The van der Waals surface area contributed by atoms with E-state index in [0.29, 0.717) is 0 Å². The molecule has 2 heterocycles. The molecule has 1 unspecified atom stereocenters. The van der Waals surface area contributed by atoms with E-state index in [1.54, 1.807) is 11.3 Å². The van der Waals surface area contributed by atoms with E-state index in [1.807, 2.05) is 0 Å². The van der Waals surface area contributed by atoms with Crippen LogP contribution in [0.2, 0.25) is 0 Å². The topological polar surface area (TPSA) is 39.2 Å². The second-order valence-corrected chi connectivity index (χ2v) is 5.98. The first-order valence-corrected chi connectivity index (χ1v) is 7.25. The van der Waals surface area contributed by atoms with Crippen LogP contribution < -0.4 is 5.73 Å². The third kappa shape index (κ3) is 1.99. The molecule has 0 bridgehead atoms. The van der Waals surface area contributed by atoms with E-state index < -0.39 is 0 Å². The lowest BCUT2D eigenvalue weighted by atomic mass is 10.0. The molecule has 19 heavy (non-hydrogen) atoms. The van der Waals surface area contributed by atoms with Gasteiger partial charge >= 0.3 is 0 Å². The van der Waals surface area contributed by atoms with Crippen molar-refractivity contribution in [1.82, 2.24) is 0 Å². The Morgan fingerprint density at radius 3 is 2.63 bits per heavy atom. The van der Waals surface area contributed by atoms with Crippen LogP contribution >= 0.6 is 11.3 Å². The molecule has 1 atom stereocenters. The first kappa shape index (κ1) is 12.5. The van der Waals surface area contributed by atoms with Gasteiger partial charge in [-0.1, -0.05) is 12.1 Å². The molecule has 98 valence electrons. The van der Waals surface area contributed by atoms with E-state index in [-0.39, 0.29) is 6.04 Å². The van der Waals surface area contributed by atoms with Gasteiger partial charge < -0.3 is 10.2 Å². The van der Waals surface area contributed by atoms with Crippen LogP contribution in [0.5, 0.6) is 0 Å². The largest absolute Gasteiger partial charge is 0.459 e. The zero-order valence-corrected chi connectivity index (χ0v) is 12.2. The summed E-state index contributed by atoms with van der Waals surface area (Å²) in [5.74, 6) is 0.881. The highest BCUT2D eigenvalue weighted by molar-refractivity contribution is 7.10. The van der Waals surface area contributed by atoms with Crippen LogP contribution in [0.4, 0.5) is 0 Å². The summed E-state index contributed by atoms with van der Waals surface area (Å²) in [5, 5.41) is 3.23. The molecule has 0 aliphatic rings. The summed E-state index contributed by atoms with van der Waals surface area (Å²) in [7, 11) is 0. The number of rotatable bonds is 2. The van der Waals surface area contributed by atoms with E-state index >= 15 is 0 Å². The number of hydrogen-bond acceptors (Lipinski definition) is 3. The molecule has 0 aliphatic carbocycles. The van der Waals surface area contributed by atoms with Gasteiger partial charge in [0.1, 0.15) is 11.3 Å². The summed E-state index contributed by atoms with van der Waals surface area (Å²) in [6, 6.07) is 8.21. The Hall–Kier alpha value is -1.58. The predicted octanol–water partition coefficient (Wildman–Crippen LogP) is 4.47. The van der Waals surface area contributed by atoms with Gasteiger partial charge in [-0.2, -0.15) is 0 Å². The summed E-state index contributed by atoms with van der Waals surface area (Å²) in [6.45, 7) is 6.24. The van der Waals surface area contributed by atoms with Crippen molar-refractivity contribution >= 4 is 22.3 Å². The average molecular weight is 271 g/mol. The molecule has 0 aliphatic heterocycles. The second kappa shape index (κ2) is 4.51. The van der Waals surface area contributed by atoms with Gasteiger partial charge in [-0.15, -0.1) is 11.3 Å². The van der Waals surface area contributed by atoms with Crippen molar-refractivity contribution in [3.63, 3.8) is 0 Å². The zero-order chi connectivity index (χ0) is 13.6. The smallest absolute Gasteiger partial charge is 0.134 e. The Labute approximate surface area is 116 Å². The molecular weight excluding hydrogens is 254 g/mol. The van der Waals surface area contributed by atoms with Gasteiger partial charge in [-0.3, -0.25) is 0 Å². The third-order valence-corrected chi connectivity index (χ3v) is 4.70. The van der Waals surface area contributed by atoms with Crippen LogP contribution in [0, 0.1) is 20.8 Å². The van der Waals surface area contributed by atoms with E-state index in [2.05, 4.69) is 50.4 Å². The quantitative estimate of drug-likeness (QED) is 0.747. The molecule has 3 rings (SSSR count). The van der Waals surface area contributed by atoms with Crippen molar-refractivity contribution in [1.29, 1.82) is 0 Å². The molecule has 1 aromatic carbocycles. The van der Waals surface area contributed by atoms with E-state index in [4.69, 9.17) is 10.2 Å². The lowest BCUT2D eigenvalue weighted by Gasteiger charge is -2.09. The Morgan fingerprint density at radius 1 is 1.16 bits per heavy atom. The molecule has 2 N–H and O–H groups in total. The maximum Gasteiger partial charge on any atom is 0.134 e. The Morgan fingerprint density at radius 2 is 1.95 bits per heavy atom. The summed E-state index contributed by atoms with van der Waals surface area (Å²) in [4.78, 5) is 1.18. The molecule has 0 saturated carbocycles. The number of aryl methyl sites for hydroxylation is 3. The van der Waals surface area contributed by atoms with Crippen molar-refractivity contribution in [3.05, 3.63) is 57.0 Å². The molecule has 2 aromatic heterocycles. The van der Waals surface area contributed by atoms with Crippen molar-refractivity contribution < 1.29 is 4.42 Å². The van der Waals surface area contributed by atoms with Crippen molar-refractivity contribution in [2.75, 3.05) is 0 Å². The standard InChI is InChI=1S/C16H17NOS/c1-9-4-5-12-11(3)15(18-13(12)8-9)14(17)16-10(2)6-7-19-16/h4-8,14H,17H2,1-3H3. The fraction of sp³-hybridized carbons (Fsp3) is 0.250. The highest BCUT2D eigenvalue weighted by atomic mass is 32.1. The second-order valence-electron chi connectivity index (χ2n) is 5.04. The van der Waals surface area contributed by atoms with E-state index in [0.717, 1.165) is 22.3 Å². The average Bonchev–Trinajstić information content (AvgIpc) is 2.93. The molecule has 2 nitrogen and oxygen atoms in total. The first-order valence-electron chi connectivity index (χ1n) is 6.37. The van der Waals surface area contributed by atoms with Crippen LogP contribution in [0.1, 0.15) is 33.4 Å². The highest BCUT2D eigenvalue weighted by Crippen LogP contribution is 2.34. The molecule has 0 fully saturated rings. The summed E-state index contributed by atoms with van der Waals surface area (Å²) >= 11 is 1.69. The Balaban J connectivity index is 2.15. The number of nitrogens with two attached hydrogens (primary N) is 1. The zero-order valence-electron chi connectivity index (χ0n) is 11.4. The minimum Gasteiger partial charge on any atom is -0.459 e. The van der Waals surface area contributed by atoms with E-state index in [9.17, 15) is 0 Å². The van der Waals surface area contributed by atoms with Gasteiger partial charge in [-0.05, 0) is 49.4 Å². The minimum atomic E-state index is -0.173. The fourth-order valence-electron chi connectivity index (χ4n) is 2.47. The highest BCUT2D eigenvalue weighted by Gasteiger charge is 2.20. The van der Waals surface area contributed by atoms with Crippen LogP contribution in [-0.4, -0.2) is 0 Å². The Kier molecular flexibility index (Phi) is 2.96. The lowest BCUT2D eigenvalue weighted by molar-refractivity contribution is 0.523. The molecule has 3 heteroatoms. The van der Waals surface area contributed by atoms with E-state index in [1.165, 1.54) is 16.0 Å². The molecule has 0 amide bonds. The molecule has 3 aromatic rings. The summed E-state index contributed by atoms with van der Waals surface area (Å²) < 4.78 is 6.00. The fourth-order valence-corrected chi connectivity index (χ4v) is 3.40. The number of benzene rings is 1. The molecule has 0 saturated heterocycles. The van der Waals surface area contributed by atoms with Gasteiger partial charge in [-0.25, -0.2) is 0 Å². The molecular formula is C16H17NOS. The number of hydrogen-bond donors (Lipinski definition) is 1. The SMILES string of the molecule is Cc1ccc2c(C)c(C(N)c3sccc3C)oc2c1. The van der Waals surface area contributed by atoms with Crippen molar-refractivity contribution in [2.45, 2.75) is 26.8 Å². The van der Waals surface area contributed by atoms with Crippen molar-refractivity contribution in [3.8, 4) is 0 Å². The Bertz CT molecular complexity index is 738. The van der Waals surface area contributed by atoms with Gasteiger partial charge in [0.05, 0.1) is 6.04 Å². The van der Waals surface area contributed by atoms with Crippen molar-refractivity contribution in [2.24, 2.45) is 5.73 Å². The maximum atomic E-state index is 6.38. The molecule has 0 radical (unpaired) electrons. The summed E-state index contributed by atoms with van der Waals surface area (Å²) in [6.07, 6.45) is 0. The number of furan rings is 1. The normalized spacial score (nSPS) is 13.1. The van der Waals surface area contributed by atoms with Gasteiger partial charge in [0, 0.05) is 15.8 Å². The lowest BCUT2D eigenvalue weighted by Crippen LogP contribution is -2.11. The summed E-state index contributed by atoms with van der Waals surface area (Å²) in [5.41, 5.74) is 10.9. The van der Waals surface area contributed by atoms with Gasteiger partial charge in [0.25, 0.3) is 0 Å². The van der Waals surface area contributed by atoms with Crippen LogP contribution in [0.15, 0.2) is 34.1 Å². The van der Waals surface area contributed by atoms with Gasteiger partial charge in [0.2, 0.25) is 0 Å². The monoisotopic (exact) mass is 271 g/mol. The minimum absolute atomic E-state index is 0.173. The predicted molar refractivity (Wildman–Crippen MR) is 80.8 cm³/mol.